The van der Waals surface area contributed by atoms with E-state index in [9.17, 15) is 5.11 Å². The maximum Gasteiger partial charge on any atom is 0.167 e. The molecule has 1 heterocycles. The Bertz CT molecular complexity index is 376. The fourth-order valence-corrected chi connectivity index (χ4v) is 2.28. The molecule has 0 saturated heterocycles. The van der Waals surface area contributed by atoms with Crippen LogP contribution in [0, 0.1) is 0 Å². The minimum atomic E-state index is -0.446. The van der Waals surface area contributed by atoms with E-state index in [1.807, 2.05) is 18.2 Å². The summed E-state index contributed by atoms with van der Waals surface area (Å²) in [5, 5.41) is 10.2. The molecule has 0 radical (unpaired) electrons. The van der Waals surface area contributed by atoms with Crippen LogP contribution in [0.4, 0.5) is 0 Å². The first-order valence-electron chi connectivity index (χ1n) is 6.89. The van der Waals surface area contributed by atoms with Crippen LogP contribution >= 0.6 is 0 Å². The van der Waals surface area contributed by atoms with Gasteiger partial charge < -0.3 is 14.6 Å². The Morgan fingerprint density at radius 2 is 2.00 bits per heavy atom. The van der Waals surface area contributed by atoms with Crippen molar-refractivity contribution in [1.29, 1.82) is 0 Å². The van der Waals surface area contributed by atoms with Crippen molar-refractivity contribution in [3.8, 4) is 11.5 Å². The van der Waals surface area contributed by atoms with E-state index in [1.165, 1.54) is 19.3 Å². The van der Waals surface area contributed by atoms with Gasteiger partial charge in [0.25, 0.3) is 0 Å². The van der Waals surface area contributed by atoms with Gasteiger partial charge in [-0.25, -0.2) is 0 Å². The average Bonchev–Trinajstić information content (AvgIpc) is 2.43. The topological polar surface area (TPSA) is 38.7 Å². The third-order valence-electron chi connectivity index (χ3n) is 3.29. The second-order valence-corrected chi connectivity index (χ2v) is 4.74. The third kappa shape index (κ3) is 3.16. The van der Waals surface area contributed by atoms with Gasteiger partial charge in [0.15, 0.2) is 11.5 Å². The Balaban J connectivity index is 1.99. The fraction of sp³-hybridized carbons (Fsp3) is 0.600. The van der Waals surface area contributed by atoms with Crippen LogP contribution in [0.3, 0.4) is 0 Å². The number of hydrogen-bond donors (Lipinski definition) is 1. The lowest BCUT2D eigenvalue weighted by Gasteiger charge is -2.23. The van der Waals surface area contributed by atoms with Crippen molar-refractivity contribution >= 4 is 0 Å². The number of para-hydroxylation sites is 1. The first-order chi connectivity index (χ1) is 8.83. The van der Waals surface area contributed by atoms with Crippen LogP contribution in [0.15, 0.2) is 18.2 Å². The Morgan fingerprint density at radius 3 is 2.83 bits per heavy atom. The van der Waals surface area contributed by atoms with Gasteiger partial charge in [0.1, 0.15) is 13.2 Å². The van der Waals surface area contributed by atoms with Crippen molar-refractivity contribution in [3.63, 3.8) is 0 Å². The van der Waals surface area contributed by atoms with Crippen LogP contribution in [-0.4, -0.2) is 18.3 Å². The normalized spacial score (nSPS) is 15.4. The van der Waals surface area contributed by atoms with Gasteiger partial charge in [0, 0.05) is 5.56 Å². The van der Waals surface area contributed by atoms with Gasteiger partial charge >= 0.3 is 0 Å². The van der Waals surface area contributed by atoms with Gasteiger partial charge in [0.05, 0.1) is 6.10 Å². The molecular weight excluding hydrogens is 228 g/mol. The Morgan fingerprint density at radius 1 is 1.17 bits per heavy atom. The molecule has 1 unspecified atom stereocenters. The monoisotopic (exact) mass is 250 g/mol. The van der Waals surface area contributed by atoms with E-state index in [-0.39, 0.29) is 0 Å². The van der Waals surface area contributed by atoms with E-state index in [0.717, 1.165) is 29.9 Å². The number of rotatable bonds is 6. The Hall–Kier alpha value is -1.22. The lowest BCUT2D eigenvalue weighted by Crippen LogP contribution is -2.17. The van der Waals surface area contributed by atoms with Crippen molar-refractivity contribution in [2.45, 2.75) is 45.1 Å². The predicted octanol–water partition coefficient (Wildman–Crippen LogP) is 3.46. The van der Waals surface area contributed by atoms with Crippen LogP contribution in [0.25, 0.3) is 0 Å². The van der Waals surface area contributed by atoms with E-state index >= 15 is 0 Å². The van der Waals surface area contributed by atoms with Gasteiger partial charge in [-0.2, -0.15) is 0 Å². The van der Waals surface area contributed by atoms with E-state index in [1.54, 1.807) is 0 Å². The number of fused-ring (bicyclic) bond motifs is 1. The molecule has 3 heteroatoms. The summed E-state index contributed by atoms with van der Waals surface area (Å²) in [7, 11) is 0. The highest BCUT2D eigenvalue weighted by molar-refractivity contribution is 5.48. The highest BCUT2D eigenvalue weighted by atomic mass is 16.6. The van der Waals surface area contributed by atoms with Gasteiger partial charge in [-0.05, 0) is 12.5 Å². The zero-order chi connectivity index (χ0) is 12.8. The summed E-state index contributed by atoms with van der Waals surface area (Å²) in [5.41, 5.74) is 0.865. The third-order valence-corrected chi connectivity index (χ3v) is 3.29. The number of hydrogen-bond acceptors (Lipinski definition) is 3. The summed E-state index contributed by atoms with van der Waals surface area (Å²) < 4.78 is 11.1. The molecule has 0 spiro atoms. The molecule has 1 atom stereocenters. The van der Waals surface area contributed by atoms with Crippen molar-refractivity contribution in [1.82, 2.24) is 0 Å². The lowest BCUT2D eigenvalue weighted by atomic mass is 10.0. The molecule has 0 aliphatic carbocycles. The summed E-state index contributed by atoms with van der Waals surface area (Å²) in [5.74, 6) is 1.48. The molecule has 0 amide bonds. The predicted molar refractivity (Wildman–Crippen MR) is 71.2 cm³/mol. The molecule has 2 rings (SSSR count). The molecular formula is C15H22O3. The molecule has 3 nitrogen and oxygen atoms in total. The lowest BCUT2D eigenvalue weighted by molar-refractivity contribution is 0.139. The minimum absolute atomic E-state index is 0.446. The number of unbranched alkanes of at least 4 members (excludes halogenated alkanes) is 3. The average molecular weight is 250 g/mol. The zero-order valence-corrected chi connectivity index (χ0v) is 11.0. The molecule has 18 heavy (non-hydrogen) atoms. The molecule has 1 aliphatic heterocycles. The first-order valence-corrected chi connectivity index (χ1v) is 6.89. The van der Waals surface area contributed by atoms with Crippen LogP contribution in [0.1, 0.15) is 50.7 Å². The summed E-state index contributed by atoms with van der Waals surface area (Å²) >= 11 is 0. The summed E-state index contributed by atoms with van der Waals surface area (Å²) in [6.07, 6.45) is 5.03. The molecule has 100 valence electrons. The molecule has 1 N–H and O–H groups in total. The Labute approximate surface area is 109 Å². The second kappa shape index (κ2) is 6.64. The molecule has 0 saturated carbocycles. The largest absolute Gasteiger partial charge is 0.486 e. The highest BCUT2D eigenvalue weighted by Crippen LogP contribution is 2.38. The van der Waals surface area contributed by atoms with Gasteiger partial charge in [-0.15, -0.1) is 0 Å². The van der Waals surface area contributed by atoms with Gasteiger partial charge in [0.2, 0.25) is 0 Å². The van der Waals surface area contributed by atoms with Crippen molar-refractivity contribution in [2.75, 3.05) is 13.2 Å². The highest BCUT2D eigenvalue weighted by Gasteiger charge is 2.20. The maximum absolute atomic E-state index is 10.2. The van der Waals surface area contributed by atoms with Crippen LogP contribution in [0.2, 0.25) is 0 Å². The quantitative estimate of drug-likeness (QED) is 0.786. The second-order valence-electron chi connectivity index (χ2n) is 4.74. The molecule has 1 aromatic rings. The number of benzene rings is 1. The van der Waals surface area contributed by atoms with Crippen molar-refractivity contribution in [3.05, 3.63) is 23.8 Å². The van der Waals surface area contributed by atoms with Crippen molar-refractivity contribution in [2.24, 2.45) is 0 Å². The van der Waals surface area contributed by atoms with E-state index in [4.69, 9.17) is 9.47 Å². The zero-order valence-electron chi connectivity index (χ0n) is 11.0. The van der Waals surface area contributed by atoms with Crippen LogP contribution in [-0.2, 0) is 0 Å². The molecule has 1 aliphatic rings. The Kier molecular flexibility index (Phi) is 4.88. The number of aliphatic hydroxyl groups is 1. The molecule has 0 fully saturated rings. The summed E-state index contributed by atoms with van der Waals surface area (Å²) in [4.78, 5) is 0. The maximum atomic E-state index is 10.2. The molecule has 0 aromatic heterocycles. The smallest absolute Gasteiger partial charge is 0.167 e. The fourth-order valence-electron chi connectivity index (χ4n) is 2.28. The van der Waals surface area contributed by atoms with E-state index < -0.39 is 6.10 Å². The van der Waals surface area contributed by atoms with Gasteiger partial charge in [-0.3, -0.25) is 0 Å². The van der Waals surface area contributed by atoms with E-state index in [0.29, 0.717) is 13.2 Å². The van der Waals surface area contributed by atoms with Crippen molar-refractivity contribution < 1.29 is 14.6 Å². The van der Waals surface area contributed by atoms with Gasteiger partial charge in [-0.1, -0.05) is 44.7 Å². The minimum Gasteiger partial charge on any atom is -0.486 e. The van der Waals surface area contributed by atoms with Crippen LogP contribution < -0.4 is 9.47 Å². The summed E-state index contributed by atoms with van der Waals surface area (Å²) in [6, 6.07) is 5.73. The van der Waals surface area contributed by atoms with Crippen LogP contribution in [0.5, 0.6) is 11.5 Å². The number of aliphatic hydroxyl groups excluding tert-OH is 1. The standard InChI is InChI=1S/C15H22O3/c1-2-3-4-5-8-13(16)12-7-6-9-14-15(12)18-11-10-17-14/h6-7,9,13,16H,2-5,8,10-11H2,1H3. The summed E-state index contributed by atoms with van der Waals surface area (Å²) in [6.45, 7) is 3.34. The molecule has 1 aromatic carbocycles. The SMILES string of the molecule is CCCCCCC(O)c1cccc2c1OCCO2. The molecule has 0 bridgehead atoms. The first kappa shape index (κ1) is 13.2. The van der Waals surface area contributed by atoms with E-state index in [2.05, 4.69) is 6.92 Å². The number of ether oxygens (including phenoxy) is 2.